The molecule has 0 spiro atoms. The number of nitrogens with zero attached hydrogens (tertiary/aromatic N) is 3. The summed E-state index contributed by atoms with van der Waals surface area (Å²) >= 11 is 0. The van der Waals surface area contributed by atoms with Crippen molar-refractivity contribution in [2.24, 2.45) is 0 Å². The third kappa shape index (κ3) is 3.45. The lowest BCUT2D eigenvalue weighted by Crippen LogP contribution is -2.51. The van der Waals surface area contributed by atoms with Crippen molar-refractivity contribution in [1.29, 1.82) is 0 Å². The van der Waals surface area contributed by atoms with E-state index in [0.29, 0.717) is 23.7 Å². The lowest BCUT2D eigenvalue weighted by molar-refractivity contribution is -0.385. The molecule has 1 saturated heterocycles. The zero-order valence-corrected chi connectivity index (χ0v) is 15.4. The fourth-order valence-corrected chi connectivity index (χ4v) is 3.99. The Hall–Kier alpha value is -2.73. The van der Waals surface area contributed by atoms with Crippen LogP contribution in [0.2, 0.25) is 0 Å². The van der Waals surface area contributed by atoms with Crippen molar-refractivity contribution in [2.75, 3.05) is 19.6 Å². The third-order valence-corrected chi connectivity index (χ3v) is 5.65. The lowest BCUT2D eigenvalue weighted by Gasteiger charge is -2.42. The first-order valence-corrected chi connectivity index (χ1v) is 9.40. The first-order valence-electron chi connectivity index (χ1n) is 9.40. The van der Waals surface area contributed by atoms with Gasteiger partial charge >= 0.3 is 0 Å². The first kappa shape index (κ1) is 17.7. The summed E-state index contributed by atoms with van der Waals surface area (Å²) in [4.78, 5) is 28.6. The summed E-state index contributed by atoms with van der Waals surface area (Å²) < 4.78 is 0. The maximum Gasteiger partial charge on any atom is 0.273 e. The Morgan fingerprint density at radius 1 is 1.07 bits per heavy atom. The van der Waals surface area contributed by atoms with E-state index in [1.807, 2.05) is 23.1 Å². The predicted octanol–water partition coefficient (Wildman–Crippen LogP) is 3.56. The van der Waals surface area contributed by atoms with Gasteiger partial charge in [-0.05, 0) is 31.4 Å². The van der Waals surface area contributed by atoms with Gasteiger partial charge in [-0.3, -0.25) is 19.8 Å². The van der Waals surface area contributed by atoms with Gasteiger partial charge in [0.05, 0.1) is 11.0 Å². The van der Waals surface area contributed by atoms with Gasteiger partial charge in [0, 0.05) is 42.9 Å². The highest BCUT2D eigenvalue weighted by atomic mass is 16.6. The highest BCUT2D eigenvalue weighted by Gasteiger charge is 2.38. The SMILES string of the molecule is Cc1c(C(=O)N2CCN(C3CC3)CC2c2ccccc2)cccc1[N+](=O)[O-]. The second-order valence-electron chi connectivity index (χ2n) is 7.36. The van der Waals surface area contributed by atoms with Crippen molar-refractivity contribution in [3.63, 3.8) is 0 Å². The highest BCUT2D eigenvalue weighted by molar-refractivity contribution is 5.97. The second kappa shape index (κ2) is 7.12. The van der Waals surface area contributed by atoms with E-state index in [2.05, 4.69) is 17.0 Å². The number of carbonyl (C=O) groups excluding carboxylic acids is 1. The molecule has 1 unspecified atom stereocenters. The Bertz CT molecular complexity index is 864. The fourth-order valence-electron chi connectivity index (χ4n) is 3.99. The number of carbonyl (C=O) groups is 1. The Labute approximate surface area is 158 Å². The molecular weight excluding hydrogens is 342 g/mol. The van der Waals surface area contributed by atoms with Gasteiger partial charge in [0.2, 0.25) is 0 Å². The molecule has 1 aliphatic carbocycles. The quantitative estimate of drug-likeness (QED) is 0.614. The van der Waals surface area contributed by atoms with Gasteiger partial charge in [-0.25, -0.2) is 0 Å². The summed E-state index contributed by atoms with van der Waals surface area (Å²) in [6.45, 7) is 3.96. The predicted molar refractivity (Wildman–Crippen MR) is 103 cm³/mol. The Balaban J connectivity index is 1.67. The van der Waals surface area contributed by atoms with Gasteiger partial charge in [-0.2, -0.15) is 0 Å². The van der Waals surface area contributed by atoms with Gasteiger partial charge in [-0.15, -0.1) is 0 Å². The van der Waals surface area contributed by atoms with Crippen LogP contribution in [0, 0.1) is 17.0 Å². The molecule has 140 valence electrons. The van der Waals surface area contributed by atoms with Crippen molar-refractivity contribution in [3.05, 3.63) is 75.3 Å². The number of hydrogen-bond acceptors (Lipinski definition) is 4. The number of benzene rings is 2. The number of piperazine rings is 1. The van der Waals surface area contributed by atoms with Gasteiger partial charge in [0.1, 0.15) is 0 Å². The fraction of sp³-hybridized carbons (Fsp3) is 0.381. The molecular formula is C21H23N3O3. The molecule has 0 bridgehead atoms. The third-order valence-electron chi connectivity index (χ3n) is 5.65. The van der Waals surface area contributed by atoms with Crippen LogP contribution in [0.4, 0.5) is 5.69 Å². The topological polar surface area (TPSA) is 66.7 Å². The normalized spacial score (nSPS) is 20.5. The molecule has 2 aromatic carbocycles. The van der Waals surface area contributed by atoms with Crippen LogP contribution in [0.15, 0.2) is 48.5 Å². The number of amides is 1. The smallest absolute Gasteiger partial charge is 0.273 e. The summed E-state index contributed by atoms with van der Waals surface area (Å²) in [5, 5.41) is 11.3. The van der Waals surface area contributed by atoms with Crippen molar-refractivity contribution in [1.82, 2.24) is 9.80 Å². The maximum atomic E-state index is 13.4. The van der Waals surface area contributed by atoms with Gasteiger partial charge < -0.3 is 4.90 Å². The highest BCUT2D eigenvalue weighted by Crippen LogP contribution is 2.35. The molecule has 6 heteroatoms. The van der Waals surface area contributed by atoms with Crippen LogP contribution in [-0.4, -0.2) is 46.3 Å². The molecule has 2 aliphatic rings. The Morgan fingerprint density at radius 3 is 2.48 bits per heavy atom. The molecule has 1 amide bonds. The van der Waals surface area contributed by atoms with Gasteiger partial charge in [0.25, 0.3) is 11.6 Å². The standard InChI is InChI=1S/C21H23N3O3/c1-15-18(8-5-9-19(15)24(26)27)21(25)23-13-12-22(17-10-11-17)14-20(23)16-6-3-2-4-7-16/h2-9,17,20H,10-14H2,1H3. The minimum Gasteiger partial charge on any atom is -0.329 e. The van der Waals surface area contributed by atoms with Crippen molar-refractivity contribution < 1.29 is 9.72 Å². The minimum atomic E-state index is -0.425. The molecule has 4 rings (SSSR count). The number of hydrogen-bond donors (Lipinski definition) is 0. The molecule has 1 heterocycles. The van der Waals surface area contributed by atoms with Crippen LogP contribution in [0.1, 0.15) is 40.4 Å². The van der Waals surface area contributed by atoms with E-state index >= 15 is 0 Å². The second-order valence-corrected chi connectivity index (χ2v) is 7.36. The van der Waals surface area contributed by atoms with E-state index in [0.717, 1.165) is 18.7 Å². The molecule has 1 saturated carbocycles. The molecule has 2 fully saturated rings. The van der Waals surface area contributed by atoms with E-state index in [4.69, 9.17) is 0 Å². The maximum absolute atomic E-state index is 13.4. The number of nitro benzene ring substituents is 1. The average Bonchev–Trinajstić information content (AvgIpc) is 3.53. The van der Waals surface area contributed by atoms with E-state index in [1.54, 1.807) is 19.1 Å². The zero-order valence-electron chi connectivity index (χ0n) is 15.4. The van der Waals surface area contributed by atoms with Gasteiger partial charge in [-0.1, -0.05) is 36.4 Å². The van der Waals surface area contributed by atoms with Crippen molar-refractivity contribution in [2.45, 2.75) is 31.8 Å². The van der Waals surface area contributed by atoms with E-state index in [1.165, 1.54) is 18.9 Å². The van der Waals surface area contributed by atoms with E-state index in [-0.39, 0.29) is 17.6 Å². The van der Waals surface area contributed by atoms with Crippen molar-refractivity contribution >= 4 is 11.6 Å². The summed E-state index contributed by atoms with van der Waals surface area (Å²) in [5.74, 6) is -0.125. The lowest BCUT2D eigenvalue weighted by atomic mass is 9.99. The van der Waals surface area contributed by atoms with Crippen LogP contribution in [0.25, 0.3) is 0 Å². The molecule has 6 nitrogen and oxygen atoms in total. The molecule has 2 aromatic rings. The summed E-state index contributed by atoms with van der Waals surface area (Å²) in [5.41, 5.74) is 1.96. The molecule has 0 aromatic heterocycles. The summed E-state index contributed by atoms with van der Waals surface area (Å²) in [6.07, 6.45) is 2.47. The molecule has 27 heavy (non-hydrogen) atoms. The van der Waals surface area contributed by atoms with Crippen LogP contribution in [-0.2, 0) is 0 Å². The summed E-state index contributed by atoms with van der Waals surface area (Å²) in [7, 11) is 0. The zero-order chi connectivity index (χ0) is 19.0. The summed E-state index contributed by atoms with van der Waals surface area (Å²) in [6, 6.07) is 15.4. The van der Waals surface area contributed by atoms with Crippen LogP contribution in [0.5, 0.6) is 0 Å². The number of nitro groups is 1. The monoisotopic (exact) mass is 365 g/mol. The first-order chi connectivity index (χ1) is 13.1. The molecule has 0 N–H and O–H groups in total. The van der Waals surface area contributed by atoms with Crippen LogP contribution in [0.3, 0.4) is 0 Å². The van der Waals surface area contributed by atoms with Crippen molar-refractivity contribution in [3.8, 4) is 0 Å². The van der Waals surface area contributed by atoms with E-state index in [9.17, 15) is 14.9 Å². The molecule has 0 radical (unpaired) electrons. The van der Waals surface area contributed by atoms with E-state index < -0.39 is 4.92 Å². The van der Waals surface area contributed by atoms with Crippen LogP contribution >= 0.6 is 0 Å². The Kier molecular flexibility index (Phi) is 4.66. The number of rotatable bonds is 4. The largest absolute Gasteiger partial charge is 0.329 e. The average molecular weight is 365 g/mol. The molecule has 1 aliphatic heterocycles. The minimum absolute atomic E-state index is 0.00581. The Morgan fingerprint density at radius 2 is 1.81 bits per heavy atom. The van der Waals surface area contributed by atoms with Crippen LogP contribution < -0.4 is 0 Å². The molecule has 1 atom stereocenters. The van der Waals surface area contributed by atoms with Gasteiger partial charge in [0.15, 0.2) is 0 Å².